The average molecular weight is 281 g/mol. The third kappa shape index (κ3) is 4.19. The van der Waals surface area contributed by atoms with Crippen molar-refractivity contribution in [1.29, 1.82) is 0 Å². The summed E-state index contributed by atoms with van der Waals surface area (Å²) in [6, 6.07) is 16.3. The summed E-state index contributed by atoms with van der Waals surface area (Å²) in [6.07, 6.45) is 0. The molecule has 0 unspecified atom stereocenters. The van der Waals surface area contributed by atoms with E-state index in [0.29, 0.717) is 0 Å². The van der Waals surface area contributed by atoms with Gasteiger partial charge in [-0.1, -0.05) is 57.2 Å². The summed E-state index contributed by atoms with van der Waals surface area (Å²) in [5.74, 6) is 0.0909. The minimum atomic E-state index is 0.0909. The molecular weight excluding hydrogens is 258 g/mol. The second-order valence-corrected chi connectivity index (χ2v) is 6.44. The highest BCUT2D eigenvalue weighted by Crippen LogP contribution is 2.22. The normalized spacial score (nSPS) is 11.2. The van der Waals surface area contributed by atoms with Crippen molar-refractivity contribution in [3.8, 4) is 0 Å². The minimum absolute atomic E-state index is 0.0909. The van der Waals surface area contributed by atoms with E-state index in [4.69, 9.17) is 0 Å². The number of Topliss-reactive ketones (excluding diaryl/α,β-unsaturated/α-hetero) is 1. The smallest absolute Gasteiger partial charge is 0.159 e. The van der Waals surface area contributed by atoms with Crippen LogP contribution in [0.2, 0.25) is 0 Å². The van der Waals surface area contributed by atoms with Gasteiger partial charge in [0.05, 0.1) is 0 Å². The third-order valence-electron chi connectivity index (χ3n) is 3.59. The molecule has 0 aromatic heterocycles. The van der Waals surface area contributed by atoms with E-state index in [2.05, 4.69) is 50.4 Å². The lowest BCUT2D eigenvalue weighted by molar-refractivity contribution is 0.101. The molecule has 0 spiro atoms. The molecule has 0 aliphatic carbocycles. The first-order valence-corrected chi connectivity index (χ1v) is 7.30. The molecular formula is C19H23NO. The number of ketones is 1. The molecule has 2 aromatic rings. The maximum absolute atomic E-state index is 11.4. The predicted octanol–water partition coefficient (Wildman–Crippen LogP) is 4.80. The number of anilines is 1. The summed E-state index contributed by atoms with van der Waals surface area (Å²) in [5.41, 5.74) is 4.47. The van der Waals surface area contributed by atoms with E-state index in [9.17, 15) is 4.79 Å². The second kappa shape index (κ2) is 6.13. The van der Waals surface area contributed by atoms with E-state index in [1.807, 2.05) is 24.3 Å². The topological polar surface area (TPSA) is 29.1 Å². The quantitative estimate of drug-likeness (QED) is 0.816. The van der Waals surface area contributed by atoms with E-state index < -0.39 is 0 Å². The van der Waals surface area contributed by atoms with Crippen LogP contribution in [0, 0.1) is 0 Å². The molecule has 110 valence electrons. The molecule has 0 bridgehead atoms. The Balaban J connectivity index is 2.03. The number of carbonyl (C=O) groups is 1. The molecule has 1 N–H and O–H groups in total. The van der Waals surface area contributed by atoms with Gasteiger partial charge in [0.2, 0.25) is 0 Å². The molecule has 0 amide bonds. The molecule has 0 saturated carbocycles. The lowest BCUT2D eigenvalue weighted by atomic mass is 9.87. The van der Waals surface area contributed by atoms with Crippen LogP contribution in [0.3, 0.4) is 0 Å². The number of nitrogens with one attached hydrogen (secondary N) is 1. The molecule has 0 saturated heterocycles. The fourth-order valence-corrected chi connectivity index (χ4v) is 2.17. The Hall–Kier alpha value is -2.09. The van der Waals surface area contributed by atoms with Crippen molar-refractivity contribution >= 4 is 11.5 Å². The fraction of sp³-hybridized carbons (Fsp3) is 0.316. The van der Waals surface area contributed by atoms with E-state index in [1.165, 1.54) is 11.1 Å². The molecule has 2 heteroatoms. The monoisotopic (exact) mass is 281 g/mol. The van der Waals surface area contributed by atoms with Crippen LogP contribution in [-0.2, 0) is 12.0 Å². The van der Waals surface area contributed by atoms with Crippen molar-refractivity contribution in [2.75, 3.05) is 5.32 Å². The van der Waals surface area contributed by atoms with Crippen LogP contribution >= 0.6 is 0 Å². The Morgan fingerprint density at radius 2 is 1.71 bits per heavy atom. The summed E-state index contributed by atoms with van der Waals surface area (Å²) in [4.78, 5) is 11.4. The number of rotatable bonds is 4. The largest absolute Gasteiger partial charge is 0.381 e. The highest BCUT2D eigenvalue weighted by Gasteiger charge is 2.12. The summed E-state index contributed by atoms with van der Waals surface area (Å²) >= 11 is 0. The zero-order valence-electron chi connectivity index (χ0n) is 13.2. The molecule has 0 atom stereocenters. The zero-order chi connectivity index (χ0) is 15.5. The van der Waals surface area contributed by atoms with Crippen LogP contribution < -0.4 is 5.32 Å². The summed E-state index contributed by atoms with van der Waals surface area (Å²) < 4.78 is 0. The van der Waals surface area contributed by atoms with E-state index in [1.54, 1.807) is 6.92 Å². The molecule has 0 aliphatic heterocycles. The van der Waals surface area contributed by atoms with E-state index in [0.717, 1.165) is 17.8 Å². The average Bonchev–Trinajstić information content (AvgIpc) is 2.45. The Kier molecular flexibility index (Phi) is 4.46. The standard InChI is InChI=1S/C19H23NO/c1-14(21)16-6-5-7-18(12-16)20-13-15-8-10-17(11-9-15)19(2,3)4/h5-12,20H,13H2,1-4H3. The molecule has 0 aliphatic rings. The first-order chi connectivity index (χ1) is 9.86. The summed E-state index contributed by atoms with van der Waals surface area (Å²) in [6.45, 7) is 8.99. The van der Waals surface area contributed by atoms with Crippen molar-refractivity contribution in [2.24, 2.45) is 0 Å². The van der Waals surface area contributed by atoms with Crippen molar-refractivity contribution in [2.45, 2.75) is 39.7 Å². The van der Waals surface area contributed by atoms with Gasteiger partial charge in [-0.05, 0) is 35.6 Å². The SMILES string of the molecule is CC(=O)c1cccc(NCc2ccc(C(C)(C)C)cc2)c1. The molecule has 2 rings (SSSR count). The predicted molar refractivity (Wildman–Crippen MR) is 88.9 cm³/mol. The van der Waals surface area contributed by atoms with Crippen LogP contribution in [0.15, 0.2) is 48.5 Å². The molecule has 2 nitrogen and oxygen atoms in total. The maximum atomic E-state index is 11.4. The van der Waals surface area contributed by atoms with Crippen molar-refractivity contribution in [3.63, 3.8) is 0 Å². The lowest BCUT2D eigenvalue weighted by Gasteiger charge is -2.19. The Labute approximate surface area is 127 Å². The van der Waals surface area contributed by atoms with Crippen LogP contribution in [0.5, 0.6) is 0 Å². The van der Waals surface area contributed by atoms with E-state index in [-0.39, 0.29) is 11.2 Å². The first-order valence-electron chi connectivity index (χ1n) is 7.30. The van der Waals surface area contributed by atoms with Gasteiger partial charge in [-0.3, -0.25) is 4.79 Å². The van der Waals surface area contributed by atoms with E-state index >= 15 is 0 Å². The lowest BCUT2D eigenvalue weighted by Crippen LogP contribution is -2.11. The first kappa shape index (κ1) is 15.3. The fourth-order valence-electron chi connectivity index (χ4n) is 2.17. The number of hydrogen-bond donors (Lipinski definition) is 1. The van der Waals surface area contributed by atoms with Gasteiger partial charge >= 0.3 is 0 Å². The maximum Gasteiger partial charge on any atom is 0.159 e. The Bertz CT molecular complexity index is 621. The van der Waals surface area contributed by atoms with Gasteiger partial charge in [0.1, 0.15) is 0 Å². The van der Waals surface area contributed by atoms with Crippen LogP contribution in [-0.4, -0.2) is 5.78 Å². The van der Waals surface area contributed by atoms with Crippen molar-refractivity contribution in [3.05, 3.63) is 65.2 Å². The number of carbonyl (C=O) groups excluding carboxylic acids is 1. The Morgan fingerprint density at radius 1 is 1.05 bits per heavy atom. The number of benzene rings is 2. The van der Waals surface area contributed by atoms with Gasteiger partial charge in [0.25, 0.3) is 0 Å². The van der Waals surface area contributed by atoms with Gasteiger partial charge in [-0.2, -0.15) is 0 Å². The van der Waals surface area contributed by atoms with Gasteiger partial charge < -0.3 is 5.32 Å². The van der Waals surface area contributed by atoms with Crippen molar-refractivity contribution in [1.82, 2.24) is 0 Å². The Morgan fingerprint density at radius 3 is 2.29 bits per heavy atom. The molecule has 21 heavy (non-hydrogen) atoms. The zero-order valence-corrected chi connectivity index (χ0v) is 13.2. The molecule has 0 fully saturated rings. The number of hydrogen-bond acceptors (Lipinski definition) is 2. The second-order valence-electron chi connectivity index (χ2n) is 6.44. The molecule has 2 aromatic carbocycles. The highest BCUT2D eigenvalue weighted by atomic mass is 16.1. The van der Waals surface area contributed by atoms with Gasteiger partial charge in [0.15, 0.2) is 5.78 Å². The summed E-state index contributed by atoms with van der Waals surface area (Å²) in [5, 5.41) is 3.36. The van der Waals surface area contributed by atoms with Crippen molar-refractivity contribution < 1.29 is 4.79 Å². The molecule has 0 heterocycles. The van der Waals surface area contributed by atoms with Gasteiger partial charge in [0, 0.05) is 17.8 Å². The highest BCUT2D eigenvalue weighted by molar-refractivity contribution is 5.94. The summed E-state index contributed by atoms with van der Waals surface area (Å²) in [7, 11) is 0. The van der Waals surface area contributed by atoms with Crippen LogP contribution in [0.1, 0.15) is 49.2 Å². The van der Waals surface area contributed by atoms with Gasteiger partial charge in [-0.15, -0.1) is 0 Å². The van der Waals surface area contributed by atoms with Gasteiger partial charge in [-0.25, -0.2) is 0 Å². The van der Waals surface area contributed by atoms with Crippen LogP contribution in [0.4, 0.5) is 5.69 Å². The minimum Gasteiger partial charge on any atom is -0.381 e. The third-order valence-corrected chi connectivity index (χ3v) is 3.59. The van der Waals surface area contributed by atoms with Crippen LogP contribution in [0.25, 0.3) is 0 Å². The molecule has 0 radical (unpaired) electrons.